The SMILES string of the molecule is CCCC1CN(Cc2c(Br)c(C)nn2CC)C(C)CCN1. The maximum Gasteiger partial charge on any atom is 0.0739 e. The second-order valence-corrected chi connectivity index (χ2v) is 6.96. The Morgan fingerprint density at radius 3 is 2.81 bits per heavy atom. The fourth-order valence-electron chi connectivity index (χ4n) is 3.18. The molecule has 2 atom stereocenters. The fourth-order valence-corrected chi connectivity index (χ4v) is 3.59. The van der Waals surface area contributed by atoms with Gasteiger partial charge in [0.15, 0.2) is 0 Å². The molecule has 21 heavy (non-hydrogen) atoms. The normalized spacial score (nSPS) is 24.2. The van der Waals surface area contributed by atoms with Crippen LogP contribution in [0.4, 0.5) is 0 Å². The highest BCUT2D eigenvalue weighted by atomic mass is 79.9. The number of rotatable bonds is 5. The Balaban J connectivity index is 2.15. The van der Waals surface area contributed by atoms with Crippen LogP contribution in [-0.2, 0) is 13.1 Å². The summed E-state index contributed by atoms with van der Waals surface area (Å²) in [6, 6.07) is 1.24. The Kier molecular flexibility index (Phi) is 6.26. The van der Waals surface area contributed by atoms with Gasteiger partial charge in [0, 0.05) is 31.7 Å². The van der Waals surface area contributed by atoms with Crippen LogP contribution < -0.4 is 5.32 Å². The smallest absolute Gasteiger partial charge is 0.0739 e. The van der Waals surface area contributed by atoms with Gasteiger partial charge in [0.25, 0.3) is 0 Å². The van der Waals surface area contributed by atoms with Crippen LogP contribution in [0.2, 0.25) is 0 Å². The molecule has 0 aliphatic carbocycles. The van der Waals surface area contributed by atoms with E-state index >= 15 is 0 Å². The number of hydrogen-bond acceptors (Lipinski definition) is 3. The van der Waals surface area contributed by atoms with Crippen LogP contribution in [0.15, 0.2) is 4.47 Å². The van der Waals surface area contributed by atoms with E-state index in [1.807, 2.05) is 0 Å². The van der Waals surface area contributed by atoms with Crippen molar-refractivity contribution in [2.45, 2.75) is 72.1 Å². The van der Waals surface area contributed by atoms with Crippen molar-refractivity contribution >= 4 is 15.9 Å². The average molecular weight is 357 g/mol. The van der Waals surface area contributed by atoms with Crippen LogP contribution in [0.25, 0.3) is 0 Å². The minimum Gasteiger partial charge on any atom is -0.313 e. The topological polar surface area (TPSA) is 33.1 Å². The summed E-state index contributed by atoms with van der Waals surface area (Å²) in [4.78, 5) is 2.62. The Morgan fingerprint density at radius 2 is 2.14 bits per heavy atom. The van der Waals surface area contributed by atoms with E-state index in [0.717, 1.165) is 31.9 Å². The molecule has 1 aromatic rings. The van der Waals surface area contributed by atoms with E-state index in [1.165, 1.54) is 29.4 Å². The number of hydrogen-bond donors (Lipinski definition) is 1. The minimum absolute atomic E-state index is 0.617. The molecule has 1 saturated heterocycles. The van der Waals surface area contributed by atoms with Crippen molar-refractivity contribution in [3.8, 4) is 0 Å². The number of nitrogens with zero attached hydrogens (tertiary/aromatic N) is 3. The van der Waals surface area contributed by atoms with Crippen molar-refractivity contribution in [2.75, 3.05) is 13.1 Å². The van der Waals surface area contributed by atoms with Gasteiger partial charge in [-0.1, -0.05) is 13.3 Å². The molecular weight excluding hydrogens is 328 g/mol. The van der Waals surface area contributed by atoms with Crippen LogP contribution in [0, 0.1) is 6.92 Å². The molecule has 1 N–H and O–H groups in total. The van der Waals surface area contributed by atoms with Crippen LogP contribution in [0.3, 0.4) is 0 Å². The molecule has 1 fully saturated rings. The zero-order chi connectivity index (χ0) is 15.4. The van der Waals surface area contributed by atoms with Gasteiger partial charge < -0.3 is 5.32 Å². The van der Waals surface area contributed by atoms with Crippen molar-refractivity contribution in [3.63, 3.8) is 0 Å². The monoisotopic (exact) mass is 356 g/mol. The Bertz CT molecular complexity index is 457. The first-order valence-corrected chi connectivity index (χ1v) is 9.05. The maximum atomic E-state index is 4.63. The van der Waals surface area contributed by atoms with Crippen molar-refractivity contribution in [1.82, 2.24) is 20.0 Å². The lowest BCUT2D eigenvalue weighted by Gasteiger charge is -2.29. The summed E-state index contributed by atoms with van der Waals surface area (Å²) in [6.45, 7) is 13.0. The molecule has 1 aliphatic heterocycles. The Morgan fingerprint density at radius 1 is 1.38 bits per heavy atom. The van der Waals surface area contributed by atoms with E-state index in [0.29, 0.717) is 12.1 Å². The van der Waals surface area contributed by atoms with Gasteiger partial charge in [-0.05, 0) is 56.1 Å². The molecule has 0 aromatic carbocycles. The van der Waals surface area contributed by atoms with Crippen LogP contribution in [-0.4, -0.2) is 39.9 Å². The zero-order valence-corrected chi connectivity index (χ0v) is 15.4. The van der Waals surface area contributed by atoms with Crippen molar-refractivity contribution in [3.05, 3.63) is 15.9 Å². The number of nitrogens with one attached hydrogen (secondary N) is 1. The molecule has 2 rings (SSSR count). The second kappa shape index (κ2) is 7.75. The van der Waals surface area contributed by atoms with Gasteiger partial charge in [0.2, 0.25) is 0 Å². The third-order valence-electron chi connectivity index (χ3n) is 4.52. The molecule has 120 valence electrons. The predicted molar refractivity (Wildman–Crippen MR) is 91.5 cm³/mol. The molecule has 1 aromatic heterocycles. The zero-order valence-electron chi connectivity index (χ0n) is 13.8. The molecule has 2 unspecified atom stereocenters. The molecular formula is C16H29BrN4. The lowest BCUT2D eigenvalue weighted by molar-refractivity contribution is 0.187. The molecule has 2 heterocycles. The van der Waals surface area contributed by atoms with Crippen molar-refractivity contribution < 1.29 is 0 Å². The van der Waals surface area contributed by atoms with Crippen LogP contribution in [0.1, 0.15) is 51.4 Å². The maximum absolute atomic E-state index is 4.63. The molecule has 0 saturated carbocycles. The average Bonchev–Trinajstić information content (AvgIpc) is 2.62. The van der Waals surface area contributed by atoms with Gasteiger partial charge in [0.05, 0.1) is 15.9 Å². The van der Waals surface area contributed by atoms with Crippen molar-refractivity contribution in [2.24, 2.45) is 0 Å². The quantitative estimate of drug-likeness (QED) is 0.878. The van der Waals surface area contributed by atoms with Crippen molar-refractivity contribution in [1.29, 1.82) is 0 Å². The predicted octanol–water partition coefficient (Wildman–Crippen LogP) is 3.33. The Hall–Kier alpha value is -0.390. The van der Waals surface area contributed by atoms with Gasteiger partial charge in [-0.3, -0.25) is 9.58 Å². The molecule has 0 bridgehead atoms. The molecule has 0 spiro atoms. The standard InChI is InChI=1S/C16H29BrN4/c1-5-7-14-10-20(12(3)8-9-18-14)11-15-16(17)13(4)19-21(15)6-2/h12,14,18H,5-11H2,1-4H3. The summed E-state index contributed by atoms with van der Waals surface area (Å²) >= 11 is 3.73. The lowest BCUT2D eigenvalue weighted by Crippen LogP contribution is -2.40. The highest BCUT2D eigenvalue weighted by molar-refractivity contribution is 9.10. The molecule has 0 amide bonds. The summed E-state index contributed by atoms with van der Waals surface area (Å²) in [5.41, 5.74) is 2.41. The molecule has 5 heteroatoms. The van der Waals surface area contributed by atoms with E-state index in [2.05, 4.69) is 63.6 Å². The fraction of sp³-hybridized carbons (Fsp3) is 0.812. The van der Waals surface area contributed by atoms with E-state index in [4.69, 9.17) is 0 Å². The highest BCUT2D eigenvalue weighted by Crippen LogP contribution is 2.24. The third-order valence-corrected chi connectivity index (χ3v) is 5.55. The first-order chi connectivity index (χ1) is 10.1. The third kappa shape index (κ3) is 4.08. The molecule has 0 radical (unpaired) electrons. The van der Waals surface area contributed by atoms with Crippen LogP contribution >= 0.6 is 15.9 Å². The Labute approximate surface area is 137 Å². The lowest BCUT2D eigenvalue weighted by atomic mass is 10.1. The van der Waals surface area contributed by atoms with E-state index in [1.54, 1.807) is 0 Å². The largest absolute Gasteiger partial charge is 0.313 e. The number of halogens is 1. The van der Waals surface area contributed by atoms with E-state index in [-0.39, 0.29) is 0 Å². The van der Waals surface area contributed by atoms with E-state index in [9.17, 15) is 0 Å². The van der Waals surface area contributed by atoms with Gasteiger partial charge in [-0.25, -0.2) is 0 Å². The second-order valence-electron chi connectivity index (χ2n) is 6.17. The van der Waals surface area contributed by atoms with Gasteiger partial charge in [-0.15, -0.1) is 0 Å². The van der Waals surface area contributed by atoms with Gasteiger partial charge in [-0.2, -0.15) is 5.10 Å². The first kappa shape index (κ1) is 17.0. The summed E-state index contributed by atoms with van der Waals surface area (Å²) in [5.74, 6) is 0. The summed E-state index contributed by atoms with van der Waals surface area (Å²) in [6.07, 6.45) is 3.73. The number of aromatic nitrogens is 2. The molecule has 1 aliphatic rings. The first-order valence-electron chi connectivity index (χ1n) is 8.26. The summed E-state index contributed by atoms with van der Waals surface area (Å²) < 4.78 is 3.32. The van der Waals surface area contributed by atoms with Gasteiger partial charge >= 0.3 is 0 Å². The number of aryl methyl sites for hydroxylation is 2. The van der Waals surface area contributed by atoms with Crippen LogP contribution in [0.5, 0.6) is 0 Å². The summed E-state index contributed by atoms with van der Waals surface area (Å²) in [5, 5.41) is 8.33. The molecule has 4 nitrogen and oxygen atoms in total. The summed E-state index contributed by atoms with van der Waals surface area (Å²) in [7, 11) is 0. The van der Waals surface area contributed by atoms with E-state index < -0.39 is 0 Å². The highest BCUT2D eigenvalue weighted by Gasteiger charge is 2.24. The minimum atomic E-state index is 0.617. The van der Waals surface area contributed by atoms with Gasteiger partial charge in [0.1, 0.15) is 0 Å².